The van der Waals surface area contributed by atoms with Gasteiger partial charge < -0.3 is 0 Å². The van der Waals surface area contributed by atoms with Crippen molar-refractivity contribution < 1.29 is 0 Å². The molecule has 0 aliphatic heterocycles. The van der Waals surface area contributed by atoms with Crippen LogP contribution in [0.5, 0.6) is 0 Å². The molecule has 0 unspecified atom stereocenters. The molecule has 214 valence electrons. The zero-order valence-electron chi connectivity index (χ0n) is 25.3. The third kappa shape index (κ3) is 4.64. The van der Waals surface area contributed by atoms with Crippen LogP contribution in [0, 0.1) is 0 Å². The molecule has 2 aromatic heterocycles. The quantitative estimate of drug-likeness (QED) is 0.207. The van der Waals surface area contributed by atoms with Crippen LogP contribution in [0.25, 0.3) is 56.3 Å². The predicted molar refractivity (Wildman–Crippen MR) is 180 cm³/mol. The van der Waals surface area contributed by atoms with E-state index in [1.807, 2.05) is 30.5 Å². The number of aromatic nitrogens is 3. The lowest BCUT2D eigenvalue weighted by atomic mass is 9.52. The van der Waals surface area contributed by atoms with E-state index in [0.29, 0.717) is 11.2 Å². The van der Waals surface area contributed by atoms with Crippen molar-refractivity contribution in [3.63, 3.8) is 0 Å². The molecule has 3 aliphatic carbocycles. The van der Waals surface area contributed by atoms with Gasteiger partial charge in [0.05, 0.1) is 17.1 Å². The van der Waals surface area contributed by atoms with E-state index in [4.69, 9.17) is 15.0 Å². The molecule has 0 amide bonds. The highest BCUT2D eigenvalue weighted by Gasteiger charge is 2.47. The number of nitrogens with zero attached hydrogens (tertiary/aromatic N) is 3. The zero-order chi connectivity index (χ0) is 29.7. The predicted octanol–water partition coefficient (Wildman–Crippen LogP) is 10.3. The number of rotatable bonds is 5. The summed E-state index contributed by atoms with van der Waals surface area (Å²) in [6.07, 6.45) is 7.07. The Morgan fingerprint density at radius 3 is 1.68 bits per heavy atom. The highest BCUT2D eigenvalue weighted by Crippen LogP contribution is 2.56. The molecule has 3 heteroatoms. The van der Waals surface area contributed by atoms with Gasteiger partial charge in [-0.3, -0.25) is 4.98 Å². The van der Waals surface area contributed by atoms with Crippen LogP contribution in [-0.2, 0) is 10.8 Å². The van der Waals surface area contributed by atoms with Crippen molar-refractivity contribution in [1.82, 2.24) is 15.0 Å². The molecule has 0 saturated heterocycles. The standard InChI is InChI=1S/C41H35N3/c1-40-20-22-41(2,23-21-40)35-25-32(16-18-34(35)40)36-19-17-33(27-42-36)39-43-37(29-12-7-4-8-13-29)26-38(44-39)31-15-9-14-30(24-31)28-10-5-3-6-11-28/h3-19,24-27H,20-23H2,1-2H3. The van der Waals surface area contributed by atoms with Crippen LogP contribution < -0.4 is 0 Å². The van der Waals surface area contributed by atoms with Gasteiger partial charge >= 0.3 is 0 Å². The average molecular weight is 570 g/mol. The Balaban J connectivity index is 1.18. The molecule has 3 nitrogen and oxygen atoms in total. The Labute approximate surface area is 259 Å². The molecule has 2 heterocycles. The third-order valence-corrected chi connectivity index (χ3v) is 10.2. The fourth-order valence-corrected chi connectivity index (χ4v) is 7.29. The summed E-state index contributed by atoms with van der Waals surface area (Å²) in [4.78, 5) is 15.1. The molecular formula is C41H35N3. The van der Waals surface area contributed by atoms with E-state index in [0.717, 1.165) is 39.3 Å². The minimum absolute atomic E-state index is 0.281. The van der Waals surface area contributed by atoms with Crippen LogP contribution in [0.1, 0.15) is 50.7 Å². The van der Waals surface area contributed by atoms with E-state index in [1.165, 1.54) is 42.4 Å². The van der Waals surface area contributed by atoms with Crippen LogP contribution in [0.3, 0.4) is 0 Å². The highest BCUT2D eigenvalue weighted by molar-refractivity contribution is 5.76. The van der Waals surface area contributed by atoms with Crippen LogP contribution in [0.2, 0.25) is 0 Å². The summed E-state index contributed by atoms with van der Waals surface area (Å²) in [6.45, 7) is 4.90. The maximum absolute atomic E-state index is 5.09. The van der Waals surface area contributed by atoms with E-state index in [-0.39, 0.29) is 5.41 Å². The summed E-state index contributed by atoms with van der Waals surface area (Å²) >= 11 is 0. The minimum atomic E-state index is 0.281. The summed E-state index contributed by atoms with van der Waals surface area (Å²) < 4.78 is 0. The van der Waals surface area contributed by atoms with E-state index in [1.54, 1.807) is 5.56 Å². The van der Waals surface area contributed by atoms with Gasteiger partial charge in [0.2, 0.25) is 0 Å². The first-order chi connectivity index (χ1) is 21.5. The SMILES string of the molecule is CC12CCC(C)(CC1)c1cc(-c3ccc(-c4nc(-c5ccccc5)cc(-c5cccc(-c6ccccc6)c5)n4)cn3)ccc12. The molecule has 0 N–H and O–H groups in total. The molecular weight excluding hydrogens is 534 g/mol. The summed E-state index contributed by atoms with van der Waals surface area (Å²) in [5.74, 6) is 0.675. The summed E-state index contributed by atoms with van der Waals surface area (Å²) in [7, 11) is 0. The summed E-state index contributed by atoms with van der Waals surface area (Å²) in [6, 6.07) is 42.8. The second-order valence-corrected chi connectivity index (χ2v) is 13.1. The number of fused-ring (bicyclic) bond motifs is 2. The van der Waals surface area contributed by atoms with Gasteiger partial charge in [0.1, 0.15) is 0 Å². The molecule has 0 spiro atoms. The summed E-state index contributed by atoms with van der Waals surface area (Å²) in [5, 5.41) is 0. The maximum atomic E-state index is 5.09. The van der Waals surface area contributed by atoms with Gasteiger partial charge in [-0.15, -0.1) is 0 Å². The first-order valence-corrected chi connectivity index (χ1v) is 15.7. The molecule has 44 heavy (non-hydrogen) atoms. The van der Waals surface area contributed by atoms with E-state index >= 15 is 0 Å². The molecule has 1 fully saturated rings. The first-order valence-electron chi connectivity index (χ1n) is 15.7. The van der Waals surface area contributed by atoms with Crippen molar-refractivity contribution in [2.45, 2.75) is 50.4 Å². The first kappa shape index (κ1) is 26.7. The van der Waals surface area contributed by atoms with Crippen molar-refractivity contribution in [3.8, 4) is 56.3 Å². The Hall–Kier alpha value is -4.89. The van der Waals surface area contributed by atoms with E-state index < -0.39 is 0 Å². The number of benzene rings is 4. The number of hydrogen-bond donors (Lipinski definition) is 0. The van der Waals surface area contributed by atoms with E-state index in [2.05, 4.69) is 111 Å². The van der Waals surface area contributed by atoms with Gasteiger partial charge in [-0.25, -0.2) is 9.97 Å². The second-order valence-electron chi connectivity index (χ2n) is 13.1. The van der Waals surface area contributed by atoms with Crippen LogP contribution >= 0.6 is 0 Å². The molecule has 1 saturated carbocycles. The molecule has 0 radical (unpaired) electrons. The normalized spacial score (nSPS) is 20.3. The third-order valence-electron chi connectivity index (χ3n) is 10.2. The Bertz CT molecular complexity index is 1970. The van der Waals surface area contributed by atoms with Gasteiger partial charge in [-0.05, 0) is 89.1 Å². The smallest absolute Gasteiger partial charge is 0.161 e. The minimum Gasteiger partial charge on any atom is -0.255 e. The molecule has 9 rings (SSSR count). The van der Waals surface area contributed by atoms with Crippen molar-refractivity contribution in [2.75, 3.05) is 0 Å². The Kier molecular flexibility index (Phi) is 6.30. The van der Waals surface area contributed by atoms with Gasteiger partial charge in [0.25, 0.3) is 0 Å². The maximum Gasteiger partial charge on any atom is 0.161 e. The second kappa shape index (κ2) is 10.4. The lowest BCUT2D eigenvalue weighted by Crippen LogP contribution is -2.44. The monoisotopic (exact) mass is 569 g/mol. The van der Waals surface area contributed by atoms with Crippen molar-refractivity contribution in [1.29, 1.82) is 0 Å². The van der Waals surface area contributed by atoms with Gasteiger partial charge in [-0.1, -0.05) is 105 Å². The molecule has 6 aromatic rings. The molecule has 0 atom stereocenters. The number of pyridine rings is 1. The largest absolute Gasteiger partial charge is 0.255 e. The van der Waals surface area contributed by atoms with Gasteiger partial charge in [0.15, 0.2) is 5.82 Å². The van der Waals surface area contributed by atoms with Crippen molar-refractivity contribution in [2.24, 2.45) is 0 Å². The zero-order valence-corrected chi connectivity index (χ0v) is 25.3. The lowest BCUT2D eigenvalue weighted by Gasteiger charge is -2.52. The fourth-order valence-electron chi connectivity index (χ4n) is 7.29. The molecule has 2 bridgehead atoms. The Morgan fingerprint density at radius 2 is 1.00 bits per heavy atom. The fraction of sp³-hybridized carbons (Fsp3) is 0.195. The lowest BCUT2D eigenvalue weighted by molar-refractivity contribution is 0.188. The van der Waals surface area contributed by atoms with Crippen LogP contribution in [0.15, 0.2) is 128 Å². The van der Waals surface area contributed by atoms with Crippen molar-refractivity contribution in [3.05, 3.63) is 139 Å². The van der Waals surface area contributed by atoms with Crippen LogP contribution in [0.4, 0.5) is 0 Å². The average Bonchev–Trinajstić information content (AvgIpc) is 3.10. The van der Waals surface area contributed by atoms with E-state index in [9.17, 15) is 0 Å². The van der Waals surface area contributed by atoms with Crippen LogP contribution in [-0.4, -0.2) is 15.0 Å². The Morgan fingerprint density at radius 1 is 0.432 bits per heavy atom. The summed E-state index contributed by atoms with van der Waals surface area (Å²) in [5.41, 5.74) is 13.0. The van der Waals surface area contributed by atoms with Gasteiger partial charge in [-0.2, -0.15) is 0 Å². The van der Waals surface area contributed by atoms with Gasteiger partial charge in [0, 0.05) is 28.5 Å². The van der Waals surface area contributed by atoms with Crippen molar-refractivity contribution >= 4 is 0 Å². The molecule has 4 aromatic carbocycles. The molecule has 3 aliphatic rings. The highest BCUT2D eigenvalue weighted by atomic mass is 14.9. The topological polar surface area (TPSA) is 38.7 Å². The number of hydrogen-bond acceptors (Lipinski definition) is 3.